The summed E-state index contributed by atoms with van der Waals surface area (Å²) in [6.45, 7) is 7.58. The van der Waals surface area contributed by atoms with Gasteiger partial charge in [-0.15, -0.1) is 0 Å². The van der Waals surface area contributed by atoms with Crippen LogP contribution in [-0.4, -0.2) is 48.6 Å². The van der Waals surface area contributed by atoms with E-state index in [0.717, 1.165) is 11.3 Å². The number of benzene rings is 3. The van der Waals surface area contributed by atoms with Gasteiger partial charge in [-0.05, 0) is 100.0 Å². The minimum absolute atomic E-state index is 0.151. The Morgan fingerprint density at radius 3 is 2.10 bits per heavy atom. The van der Waals surface area contributed by atoms with Gasteiger partial charge in [0, 0.05) is 12.2 Å². The summed E-state index contributed by atoms with van der Waals surface area (Å²) in [7, 11) is 0. The number of carbonyl (C=O) groups is 1. The van der Waals surface area contributed by atoms with E-state index in [1.807, 2.05) is 36.1 Å². The molecule has 0 aliphatic carbocycles. The van der Waals surface area contributed by atoms with Crippen molar-refractivity contribution in [3.63, 3.8) is 0 Å². The highest BCUT2D eigenvalue weighted by Gasteiger charge is 2.23. The average Bonchev–Trinajstić information content (AvgIpc) is 2.95. The van der Waals surface area contributed by atoms with E-state index >= 15 is 0 Å². The summed E-state index contributed by atoms with van der Waals surface area (Å²) in [6.07, 6.45) is -0.938. The normalized spacial score (nSPS) is 12.4. The molecule has 10 nitrogen and oxygen atoms in total. The summed E-state index contributed by atoms with van der Waals surface area (Å²) in [5.41, 5.74) is 4.27. The molecular formula is C30H34N6O4. The molecule has 208 valence electrons. The largest absolute Gasteiger partial charge is 0.463 e. The van der Waals surface area contributed by atoms with Crippen molar-refractivity contribution in [3.05, 3.63) is 77.9 Å². The number of hydrogen-bond acceptors (Lipinski definition) is 10. The third-order valence-electron chi connectivity index (χ3n) is 5.79. The van der Waals surface area contributed by atoms with Crippen LogP contribution in [0.25, 0.3) is 0 Å². The Labute approximate surface area is 234 Å². The van der Waals surface area contributed by atoms with Crippen LogP contribution >= 0.6 is 0 Å². The van der Waals surface area contributed by atoms with E-state index in [-0.39, 0.29) is 25.7 Å². The van der Waals surface area contributed by atoms with Crippen molar-refractivity contribution in [2.75, 3.05) is 31.2 Å². The molecule has 1 atom stereocenters. The highest BCUT2D eigenvalue weighted by atomic mass is 16.5. The van der Waals surface area contributed by atoms with Crippen LogP contribution in [0.2, 0.25) is 0 Å². The van der Waals surface area contributed by atoms with E-state index < -0.39 is 11.5 Å². The number of rotatable bonds is 11. The summed E-state index contributed by atoms with van der Waals surface area (Å²) in [5, 5.41) is 45.3. The van der Waals surface area contributed by atoms with Gasteiger partial charge in [-0.2, -0.15) is 25.7 Å². The quantitative estimate of drug-likeness (QED) is 0.211. The second kappa shape index (κ2) is 14.1. The number of nitrogens with zero attached hydrogens (tertiary/aromatic N) is 6. The van der Waals surface area contributed by atoms with E-state index in [4.69, 9.17) is 10.00 Å². The summed E-state index contributed by atoms with van der Waals surface area (Å²) in [5.74, 6) is -0.302. The van der Waals surface area contributed by atoms with E-state index in [1.54, 1.807) is 63.2 Å². The van der Waals surface area contributed by atoms with Gasteiger partial charge in [-0.1, -0.05) is 0 Å². The fourth-order valence-corrected chi connectivity index (χ4v) is 3.48. The highest BCUT2D eigenvalue weighted by Crippen LogP contribution is 2.28. The lowest BCUT2D eigenvalue weighted by Gasteiger charge is -2.27. The van der Waals surface area contributed by atoms with Crippen molar-refractivity contribution in [2.45, 2.75) is 33.8 Å². The second-order valence-electron chi connectivity index (χ2n) is 10.2. The number of anilines is 1. The second-order valence-corrected chi connectivity index (χ2v) is 10.2. The van der Waals surface area contributed by atoms with Gasteiger partial charge in [0.25, 0.3) is 0 Å². The molecule has 0 bridgehead atoms. The lowest BCUT2D eigenvalue weighted by Crippen LogP contribution is -2.37. The van der Waals surface area contributed by atoms with Crippen LogP contribution in [-0.2, 0) is 9.53 Å². The maximum Gasteiger partial charge on any atom is 0.311 e. The summed E-state index contributed by atoms with van der Waals surface area (Å²) >= 11 is 0. The van der Waals surface area contributed by atoms with Crippen LogP contribution in [0.1, 0.15) is 31.9 Å². The molecule has 0 fully saturated rings. The Morgan fingerprint density at radius 2 is 1.52 bits per heavy atom. The molecule has 0 radical (unpaired) electrons. The molecule has 0 aliphatic heterocycles. The zero-order valence-corrected chi connectivity index (χ0v) is 23.2. The van der Waals surface area contributed by atoms with Gasteiger partial charge < -0.3 is 19.8 Å². The Morgan fingerprint density at radius 1 is 0.950 bits per heavy atom. The summed E-state index contributed by atoms with van der Waals surface area (Å²) in [6, 6.07) is 21.7. The number of ether oxygens (including phenoxy) is 1. The molecule has 40 heavy (non-hydrogen) atoms. The zero-order chi connectivity index (χ0) is 29.1. The predicted molar refractivity (Wildman–Crippen MR) is 153 cm³/mol. The summed E-state index contributed by atoms with van der Waals surface area (Å²) < 4.78 is 5.37. The first-order valence-electron chi connectivity index (χ1n) is 12.8. The Kier molecular flexibility index (Phi) is 10.6. The standard InChI is InChI=1S/C30H34N6O4/c1-21-17-25(34-32-23-7-5-22(18-31)6-8-23)11-14-28(21)35-33-24-9-12-26(13-10-24)36(19-27(38)20-37)15-16-40-29(39)30(2,3)4/h5-14,17,27,37-38H,15-16,19-20H2,1-4H3. The third kappa shape index (κ3) is 9.08. The smallest absolute Gasteiger partial charge is 0.311 e. The molecule has 3 aromatic carbocycles. The molecule has 10 heteroatoms. The Balaban J connectivity index is 1.65. The number of carbonyl (C=O) groups excluding carboxylic acids is 1. The van der Waals surface area contributed by atoms with Crippen LogP contribution < -0.4 is 4.90 Å². The fourth-order valence-electron chi connectivity index (χ4n) is 3.48. The number of azo groups is 2. The average molecular weight is 543 g/mol. The monoisotopic (exact) mass is 542 g/mol. The molecule has 3 aromatic rings. The number of aliphatic hydroxyl groups is 2. The molecule has 0 aliphatic rings. The van der Waals surface area contributed by atoms with E-state index in [0.29, 0.717) is 34.9 Å². The number of esters is 1. The van der Waals surface area contributed by atoms with Crippen molar-refractivity contribution < 1.29 is 19.7 Å². The van der Waals surface area contributed by atoms with Crippen LogP contribution in [0.3, 0.4) is 0 Å². The van der Waals surface area contributed by atoms with Gasteiger partial charge in [0.1, 0.15) is 6.61 Å². The molecule has 0 saturated carbocycles. The summed E-state index contributed by atoms with van der Waals surface area (Å²) in [4.78, 5) is 13.9. The van der Waals surface area contributed by atoms with Gasteiger partial charge in [-0.25, -0.2) is 0 Å². The topological polar surface area (TPSA) is 143 Å². The van der Waals surface area contributed by atoms with E-state index in [2.05, 4.69) is 26.5 Å². The molecule has 0 saturated heterocycles. The number of hydrogen-bond donors (Lipinski definition) is 2. The molecule has 0 amide bonds. The van der Waals surface area contributed by atoms with E-state index in [9.17, 15) is 15.0 Å². The van der Waals surface area contributed by atoms with Gasteiger partial charge >= 0.3 is 5.97 Å². The highest BCUT2D eigenvalue weighted by molar-refractivity contribution is 5.75. The lowest BCUT2D eigenvalue weighted by atomic mass is 9.97. The van der Waals surface area contributed by atoms with Gasteiger partial charge in [0.2, 0.25) is 0 Å². The maximum atomic E-state index is 12.1. The first-order chi connectivity index (χ1) is 19.1. The molecule has 3 rings (SSSR count). The van der Waals surface area contributed by atoms with Crippen molar-refractivity contribution >= 4 is 34.4 Å². The molecule has 2 N–H and O–H groups in total. The maximum absolute atomic E-state index is 12.1. The Hall–Kier alpha value is -4.46. The van der Waals surface area contributed by atoms with Gasteiger partial charge in [0.15, 0.2) is 0 Å². The van der Waals surface area contributed by atoms with Crippen LogP contribution in [0.4, 0.5) is 28.4 Å². The minimum Gasteiger partial charge on any atom is -0.463 e. The lowest BCUT2D eigenvalue weighted by molar-refractivity contribution is -0.152. The third-order valence-corrected chi connectivity index (χ3v) is 5.79. The van der Waals surface area contributed by atoms with Crippen LogP contribution in [0.15, 0.2) is 87.2 Å². The predicted octanol–water partition coefficient (Wildman–Crippen LogP) is 6.45. The van der Waals surface area contributed by atoms with Crippen LogP contribution in [0, 0.1) is 23.7 Å². The zero-order valence-electron chi connectivity index (χ0n) is 23.2. The SMILES string of the molecule is Cc1cc(N=Nc2ccc(C#N)cc2)ccc1N=Nc1ccc(N(CCOC(=O)C(C)(C)C)CC(O)CO)cc1. The molecule has 0 aromatic heterocycles. The molecule has 0 spiro atoms. The van der Waals surface area contributed by atoms with Crippen molar-refractivity contribution in [1.29, 1.82) is 5.26 Å². The van der Waals surface area contributed by atoms with E-state index in [1.165, 1.54) is 0 Å². The number of aliphatic hydroxyl groups excluding tert-OH is 2. The number of nitriles is 1. The molecular weight excluding hydrogens is 508 g/mol. The van der Waals surface area contributed by atoms with Crippen molar-refractivity contribution in [2.24, 2.45) is 25.9 Å². The van der Waals surface area contributed by atoms with Gasteiger partial charge in [0.05, 0.1) is 59.1 Å². The van der Waals surface area contributed by atoms with Crippen molar-refractivity contribution in [3.8, 4) is 6.07 Å². The first kappa shape index (κ1) is 30.1. The first-order valence-corrected chi connectivity index (χ1v) is 12.8. The number of aryl methyl sites for hydroxylation is 1. The molecule has 0 heterocycles. The minimum atomic E-state index is -0.938. The van der Waals surface area contributed by atoms with Gasteiger partial charge in [-0.3, -0.25) is 4.79 Å². The van der Waals surface area contributed by atoms with Crippen molar-refractivity contribution in [1.82, 2.24) is 0 Å². The molecule has 1 unspecified atom stereocenters. The Bertz CT molecular complexity index is 1370. The fraction of sp³-hybridized carbons (Fsp3) is 0.333. The van der Waals surface area contributed by atoms with Crippen LogP contribution in [0.5, 0.6) is 0 Å².